The summed E-state index contributed by atoms with van der Waals surface area (Å²) in [5.74, 6) is -0.425. The summed E-state index contributed by atoms with van der Waals surface area (Å²) >= 11 is 0. The Hall–Kier alpha value is -4.19. The molecule has 0 saturated carbocycles. The molecule has 146 valence electrons. The molecule has 0 unspecified atom stereocenters. The fraction of sp³-hybridized carbons (Fsp3) is 0.0417. The van der Waals surface area contributed by atoms with Crippen LogP contribution in [0.1, 0.15) is 23.1 Å². The minimum atomic E-state index is -0.479. The fourth-order valence-corrected chi connectivity index (χ4v) is 2.89. The Labute approximate surface area is 174 Å². The summed E-state index contributed by atoms with van der Waals surface area (Å²) < 4.78 is 0. The van der Waals surface area contributed by atoms with E-state index in [-0.39, 0.29) is 5.82 Å². The van der Waals surface area contributed by atoms with Gasteiger partial charge in [0.25, 0.3) is 0 Å². The van der Waals surface area contributed by atoms with Crippen LogP contribution < -0.4 is 5.43 Å². The van der Waals surface area contributed by atoms with E-state index < -0.39 is 5.91 Å². The van der Waals surface area contributed by atoms with E-state index in [1.807, 2.05) is 78.9 Å². The summed E-state index contributed by atoms with van der Waals surface area (Å²) in [5.41, 5.74) is 7.16. The molecule has 6 nitrogen and oxygen atoms in total. The normalized spacial score (nSPS) is 11.2. The highest BCUT2D eigenvalue weighted by molar-refractivity contribution is 6.00. The summed E-state index contributed by atoms with van der Waals surface area (Å²) in [5, 5.41) is 4.17. The van der Waals surface area contributed by atoms with Gasteiger partial charge in [0.15, 0.2) is 0 Å². The Morgan fingerprint density at radius 2 is 1.43 bits per heavy atom. The van der Waals surface area contributed by atoms with Crippen LogP contribution in [0.15, 0.2) is 96.4 Å². The highest BCUT2D eigenvalue weighted by atomic mass is 16.2. The van der Waals surface area contributed by atoms with Gasteiger partial charge in [-0.15, -0.1) is 0 Å². The highest BCUT2D eigenvalue weighted by Crippen LogP contribution is 2.23. The van der Waals surface area contributed by atoms with Crippen molar-refractivity contribution in [2.75, 3.05) is 0 Å². The summed E-state index contributed by atoms with van der Waals surface area (Å²) in [6.07, 6.45) is 3.37. The van der Waals surface area contributed by atoms with Gasteiger partial charge in [-0.25, -0.2) is 15.4 Å². The first-order valence-electron chi connectivity index (χ1n) is 9.45. The van der Waals surface area contributed by atoms with Crippen LogP contribution in [0.25, 0.3) is 22.5 Å². The van der Waals surface area contributed by atoms with Gasteiger partial charge in [0, 0.05) is 29.1 Å². The molecular formula is C24H19N5O. The van der Waals surface area contributed by atoms with Gasteiger partial charge in [-0.1, -0.05) is 66.7 Å². The first-order chi connectivity index (χ1) is 14.7. The van der Waals surface area contributed by atoms with Gasteiger partial charge < -0.3 is 0 Å². The largest absolute Gasteiger partial charge is 0.309 e. The zero-order valence-corrected chi connectivity index (χ0v) is 16.4. The lowest BCUT2D eigenvalue weighted by Gasteiger charge is -2.08. The second-order valence-electron chi connectivity index (χ2n) is 6.57. The lowest BCUT2D eigenvalue weighted by atomic mass is 10.1. The van der Waals surface area contributed by atoms with Crippen molar-refractivity contribution in [3.8, 4) is 22.5 Å². The van der Waals surface area contributed by atoms with Gasteiger partial charge in [-0.2, -0.15) is 5.10 Å². The number of pyridine rings is 1. The second-order valence-corrected chi connectivity index (χ2v) is 6.57. The smallest absolute Gasteiger partial charge is 0.264 e. The molecule has 2 aromatic heterocycles. The predicted molar refractivity (Wildman–Crippen MR) is 117 cm³/mol. The van der Waals surface area contributed by atoms with Crippen molar-refractivity contribution in [3.05, 3.63) is 103 Å². The Balaban J connectivity index is 1.69. The van der Waals surface area contributed by atoms with E-state index in [1.165, 1.54) is 0 Å². The SMILES string of the molecule is C/C(=N/NC(=O)c1nc(-c2ccccc2)cc(-c2ccccc2)n1)c1cccnc1. The molecule has 4 rings (SSSR count). The number of carbonyl (C=O) groups is 1. The topological polar surface area (TPSA) is 80.1 Å². The highest BCUT2D eigenvalue weighted by Gasteiger charge is 2.14. The van der Waals surface area contributed by atoms with Crippen molar-refractivity contribution in [2.24, 2.45) is 5.10 Å². The number of hydrazone groups is 1. The molecule has 0 aliphatic heterocycles. The van der Waals surface area contributed by atoms with Crippen molar-refractivity contribution >= 4 is 11.6 Å². The first kappa shape index (κ1) is 19.1. The third kappa shape index (κ3) is 4.44. The molecule has 6 heteroatoms. The third-order valence-electron chi connectivity index (χ3n) is 4.47. The minimum absolute atomic E-state index is 0.0537. The van der Waals surface area contributed by atoms with Crippen molar-refractivity contribution in [2.45, 2.75) is 6.92 Å². The molecule has 1 amide bonds. The van der Waals surface area contributed by atoms with Crippen molar-refractivity contribution in [3.63, 3.8) is 0 Å². The fourth-order valence-electron chi connectivity index (χ4n) is 2.89. The number of nitrogens with one attached hydrogen (secondary N) is 1. The standard InChI is InChI=1S/C24H19N5O/c1-17(20-13-8-14-25-16-20)28-29-24(30)23-26-21(18-9-4-2-5-10-18)15-22(27-23)19-11-6-3-7-12-19/h2-16H,1H3,(H,29,30)/b28-17-. The van der Waals surface area contributed by atoms with Gasteiger partial charge in [-0.05, 0) is 19.1 Å². The van der Waals surface area contributed by atoms with Crippen LogP contribution in [-0.2, 0) is 0 Å². The molecule has 2 heterocycles. The van der Waals surface area contributed by atoms with Crippen LogP contribution in [0.3, 0.4) is 0 Å². The van der Waals surface area contributed by atoms with Crippen LogP contribution in [0.4, 0.5) is 0 Å². The molecule has 0 bridgehead atoms. The predicted octanol–water partition coefficient (Wildman–Crippen LogP) is 4.36. The number of hydrogen-bond donors (Lipinski definition) is 1. The van der Waals surface area contributed by atoms with Crippen LogP contribution in [0.2, 0.25) is 0 Å². The molecule has 0 atom stereocenters. The quantitative estimate of drug-likeness (QED) is 0.404. The molecular weight excluding hydrogens is 374 g/mol. The molecule has 4 aromatic rings. The molecule has 1 N–H and O–H groups in total. The minimum Gasteiger partial charge on any atom is -0.264 e. The summed E-state index contributed by atoms with van der Waals surface area (Å²) in [7, 11) is 0. The van der Waals surface area contributed by atoms with E-state index in [4.69, 9.17) is 0 Å². The zero-order chi connectivity index (χ0) is 20.8. The number of amides is 1. The van der Waals surface area contributed by atoms with E-state index in [2.05, 4.69) is 25.5 Å². The lowest BCUT2D eigenvalue weighted by Crippen LogP contribution is -2.22. The van der Waals surface area contributed by atoms with Crippen LogP contribution >= 0.6 is 0 Å². The number of benzene rings is 2. The Morgan fingerprint density at radius 1 is 0.833 bits per heavy atom. The van der Waals surface area contributed by atoms with Crippen molar-refractivity contribution in [1.82, 2.24) is 20.4 Å². The number of rotatable bonds is 5. The van der Waals surface area contributed by atoms with E-state index in [9.17, 15) is 4.79 Å². The number of hydrogen-bond acceptors (Lipinski definition) is 5. The molecule has 0 spiro atoms. The maximum absolute atomic E-state index is 12.8. The lowest BCUT2D eigenvalue weighted by molar-refractivity contribution is 0.0944. The molecule has 0 fully saturated rings. The Bertz CT molecular complexity index is 1120. The van der Waals surface area contributed by atoms with Crippen LogP contribution in [0.5, 0.6) is 0 Å². The maximum atomic E-state index is 12.8. The van der Waals surface area contributed by atoms with E-state index >= 15 is 0 Å². The van der Waals surface area contributed by atoms with E-state index in [1.54, 1.807) is 19.3 Å². The monoisotopic (exact) mass is 393 g/mol. The first-order valence-corrected chi connectivity index (χ1v) is 9.45. The second kappa shape index (κ2) is 8.87. The van der Waals surface area contributed by atoms with Crippen molar-refractivity contribution in [1.29, 1.82) is 0 Å². The van der Waals surface area contributed by atoms with E-state index in [0.29, 0.717) is 17.1 Å². The molecule has 0 aliphatic carbocycles. The number of carbonyl (C=O) groups excluding carboxylic acids is 1. The summed E-state index contributed by atoms with van der Waals surface area (Å²) in [6.45, 7) is 1.80. The molecule has 2 aromatic carbocycles. The Kier molecular flexibility index (Phi) is 5.66. The van der Waals surface area contributed by atoms with Crippen molar-refractivity contribution < 1.29 is 4.79 Å². The number of aromatic nitrogens is 3. The average Bonchev–Trinajstić information content (AvgIpc) is 2.83. The molecule has 0 saturated heterocycles. The van der Waals surface area contributed by atoms with Gasteiger partial charge in [0.2, 0.25) is 5.82 Å². The number of nitrogens with zero attached hydrogens (tertiary/aromatic N) is 4. The van der Waals surface area contributed by atoms with Gasteiger partial charge in [-0.3, -0.25) is 9.78 Å². The van der Waals surface area contributed by atoms with Crippen LogP contribution in [0, 0.1) is 0 Å². The Morgan fingerprint density at radius 3 is 1.97 bits per heavy atom. The van der Waals surface area contributed by atoms with E-state index in [0.717, 1.165) is 16.7 Å². The maximum Gasteiger partial charge on any atom is 0.309 e. The van der Waals surface area contributed by atoms with Gasteiger partial charge >= 0.3 is 5.91 Å². The third-order valence-corrected chi connectivity index (χ3v) is 4.47. The average molecular weight is 393 g/mol. The van der Waals surface area contributed by atoms with Gasteiger partial charge in [0.05, 0.1) is 17.1 Å². The zero-order valence-electron chi connectivity index (χ0n) is 16.4. The van der Waals surface area contributed by atoms with Crippen LogP contribution in [-0.4, -0.2) is 26.6 Å². The molecule has 30 heavy (non-hydrogen) atoms. The van der Waals surface area contributed by atoms with Gasteiger partial charge in [0.1, 0.15) is 0 Å². The molecule has 0 radical (unpaired) electrons. The summed E-state index contributed by atoms with van der Waals surface area (Å²) in [6, 6.07) is 25.0. The molecule has 0 aliphatic rings. The summed E-state index contributed by atoms with van der Waals surface area (Å²) in [4.78, 5) is 25.8.